The molecule has 12 atom stereocenters. The normalized spacial score (nSPS) is 22.5. The third-order valence-corrected chi connectivity index (χ3v) is 19.6. The van der Waals surface area contributed by atoms with Crippen molar-refractivity contribution >= 4 is 5.91 Å². The van der Waals surface area contributed by atoms with Crippen molar-refractivity contribution in [2.75, 3.05) is 19.8 Å². The van der Waals surface area contributed by atoms with Crippen LogP contribution in [0.25, 0.3) is 0 Å². The van der Waals surface area contributed by atoms with Gasteiger partial charge in [0, 0.05) is 6.42 Å². The van der Waals surface area contributed by atoms with E-state index >= 15 is 0 Å². The van der Waals surface area contributed by atoms with Gasteiger partial charge in [-0.3, -0.25) is 4.79 Å². The van der Waals surface area contributed by atoms with E-state index in [-0.39, 0.29) is 18.9 Å². The van der Waals surface area contributed by atoms with Crippen LogP contribution in [0.3, 0.4) is 0 Å². The maximum atomic E-state index is 13.4. The molecule has 570 valence electrons. The highest BCUT2D eigenvalue weighted by molar-refractivity contribution is 5.76. The summed E-state index contributed by atoms with van der Waals surface area (Å²) in [4.78, 5) is 13.4. The van der Waals surface area contributed by atoms with Crippen LogP contribution >= 0.6 is 0 Å². The minimum absolute atomic E-state index is 0.244. The van der Waals surface area contributed by atoms with Crippen LogP contribution in [0.1, 0.15) is 348 Å². The van der Waals surface area contributed by atoms with E-state index in [9.17, 15) is 45.6 Å². The van der Waals surface area contributed by atoms with E-state index in [0.29, 0.717) is 12.8 Å². The zero-order valence-corrected chi connectivity index (χ0v) is 62.5. The van der Waals surface area contributed by atoms with E-state index in [2.05, 4.69) is 92.1 Å². The lowest BCUT2D eigenvalue weighted by Crippen LogP contribution is -2.65. The molecule has 98 heavy (non-hydrogen) atoms. The molecule has 2 aliphatic heterocycles. The van der Waals surface area contributed by atoms with Gasteiger partial charge in [0.05, 0.1) is 32.0 Å². The van der Waals surface area contributed by atoms with Crippen LogP contribution < -0.4 is 5.32 Å². The van der Waals surface area contributed by atoms with Crippen molar-refractivity contribution in [3.63, 3.8) is 0 Å². The summed E-state index contributed by atoms with van der Waals surface area (Å²) in [6.07, 6.45) is 78.2. The average Bonchev–Trinajstić information content (AvgIpc) is 0.793. The first-order chi connectivity index (χ1) is 48.1. The maximum Gasteiger partial charge on any atom is 0.220 e. The van der Waals surface area contributed by atoms with Gasteiger partial charge < -0.3 is 65.1 Å². The van der Waals surface area contributed by atoms with Gasteiger partial charge in [-0.2, -0.15) is 0 Å². The van der Waals surface area contributed by atoms with Crippen molar-refractivity contribution in [2.24, 2.45) is 0 Å². The van der Waals surface area contributed by atoms with Crippen molar-refractivity contribution in [2.45, 2.75) is 421 Å². The van der Waals surface area contributed by atoms with Crippen LogP contribution in [-0.4, -0.2) is 140 Å². The quantitative estimate of drug-likeness (QED) is 0.0204. The zero-order valence-electron chi connectivity index (χ0n) is 62.5. The molecular weight excluding hydrogens is 1230 g/mol. The number of unbranched alkanes of at least 4 members (excludes halogenated alkanes) is 43. The molecule has 0 aromatic heterocycles. The third kappa shape index (κ3) is 49.7. The van der Waals surface area contributed by atoms with Gasteiger partial charge in [-0.25, -0.2) is 0 Å². The molecule has 14 heteroatoms. The number of ether oxygens (including phenoxy) is 4. The van der Waals surface area contributed by atoms with Gasteiger partial charge in [0.15, 0.2) is 12.6 Å². The fourth-order valence-electron chi connectivity index (χ4n) is 13.2. The van der Waals surface area contributed by atoms with Gasteiger partial charge >= 0.3 is 0 Å². The third-order valence-electron chi connectivity index (χ3n) is 19.6. The SMILES string of the molecule is CC/C=C\C/C=C\C/C=C\C/C=C\C/C=C\CCCCCCCCCCCCCCCCCCCCCCCCCCCC(=O)NC(COC1OC(CO)C(OC2OC(CO)C(O)C(O)C2O)C(O)C1O)C(O)/C=C/CC/C=C/CCCCCCCCCCCCCCCCCCC. The van der Waals surface area contributed by atoms with Crippen LogP contribution in [0.5, 0.6) is 0 Å². The first kappa shape index (κ1) is 91.3. The number of amides is 1. The molecule has 14 nitrogen and oxygen atoms in total. The molecule has 0 saturated carbocycles. The molecule has 2 fully saturated rings. The smallest absolute Gasteiger partial charge is 0.220 e. The van der Waals surface area contributed by atoms with Crippen molar-refractivity contribution in [3.05, 3.63) is 85.1 Å². The zero-order chi connectivity index (χ0) is 70.8. The number of nitrogens with one attached hydrogen (secondary N) is 1. The predicted octanol–water partition coefficient (Wildman–Crippen LogP) is 18.7. The second-order valence-corrected chi connectivity index (χ2v) is 28.5. The van der Waals surface area contributed by atoms with Crippen molar-refractivity contribution in [3.8, 4) is 0 Å². The monoisotopic (exact) mass is 1380 g/mol. The lowest BCUT2D eigenvalue weighted by Gasteiger charge is -2.46. The highest BCUT2D eigenvalue weighted by atomic mass is 16.7. The van der Waals surface area contributed by atoms with Gasteiger partial charge in [-0.05, 0) is 77.0 Å². The molecule has 0 aromatic carbocycles. The minimum Gasteiger partial charge on any atom is -0.394 e. The summed E-state index contributed by atoms with van der Waals surface area (Å²) in [6.45, 7) is 2.71. The van der Waals surface area contributed by atoms with Crippen molar-refractivity contribution in [1.29, 1.82) is 0 Å². The highest BCUT2D eigenvalue weighted by Crippen LogP contribution is 2.30. The first-order valence-electron chi connectivity index (χ1n) is 40.8. The first-order valence-corrected chi connectivity index (χ1v) is 40.8. The molecule has 9 N–H and O–H groups in total. The van der Waals surface area contributed by atoms with Gasteiger partial charge in [-0.15, -0.1) is 0 Å². The van der Waals surface area contributed by atoms with E-state index in [1.54, 1.807) is 6.08 Å². The second kappa shape index (κ2) is 67.4. The average molecular weight is 1380 g/mol. The van der Waals surface area contributed by atoms with E-state index in [1.165, 1.54) is 250 Å². The fraction of sp³-hybridized carbons (Fsp3) is 0.821. The minimum atomic E-state index is -1.79. The van der Waals surface area contributed by atoms with E-state index < -0.39 is 86.8 Å². The number of hydrogen-bond donors (Lipinski definition) is 9. The number of rotatable bonds is 68. The molecule has 0 bridgehead atoms. The molecule has 12 unspecified atom stereocenters. The lowest BCUT2D eigenvalue weighted by atomic mass is 9.97. The van der Waals surface area contributed by atoms with Crippen LogP contribution in [-0.2, 0) is 23.7 Å². The summed E-state index contributed by atoms with van der Waals surface area (Å²) in [6, 6.07) is -0.934. The number of hydrogen-bond acceptors (Lipinski definition) is 13. The topological polar surface area (TPSA) is 228 Å². The predicted molar refractivity (Wildman–Crippen MR) is 406 cm³/mol. The Balaban J connectivity index is 1.57. The Hall–Kier alpha value is -2.83. The Labute approximate surface area is 599 Å². The largest absolute Gasteiger partial charge is 0.394 e. The molecule has 1 amide bonds. The summed E-state index contributed by atoms with van der Waals surface area (Å²) in [7, 11) is 0. The Morgan fingerprint density at radius 3 is 1.12 bits per heavy atom. The molecule has 2 aliphatic rings. The summed E-state index contributed by atoms with van der Waals surface area (Å²) < 4.78 is 22.9. The van der Waals surface area contributed by atoms with Gasteiger partial charge in [0.1, 0.15) is 48.8 Å². The Bertz CT molecular complexity index is 1970. The number of carbonyl (C=O) groups is 1. The molecule has 2 saturated heterocycles. The molecule has 0 aliphatic carbocycles. The number of aliphatic hydroxyl groups excluding tert-OH is 8. The maximum absolute atomic E-state index is 13.4. The molecule has 0 aromatic rings. The molecular formula is C84H151NO13. The Morgan fingerprint density at radius 1 is 0.378 bits per heavy atom. The molecule has 2 heterocycles. The van der Waals surface area contributed by atoms with Gasteiger partial charge in [0.25, 0.3) is 0 Å². The number of allylic oxidation sites excluding steroid dienone is 13. The standard InChI is InChI=1S/C84H151NO13/c1-3-5-7-9-11-13-15-17-19-21-23-25-27-28-29-30-31-32-33-34-35-36-37-38-39-40-41-42-43-44-46-48-50-52-54-56-58-60-62-64-66-68-76(89)85-72(71-95-83-81(94)79(92)82(75(70-87)97-83)98-84-80(93)78(91)77(90)74(69-86)96-84)73(88)67-65-63-61-59-57-55-53-51-49-47-45-26-24-22-20-18-16-14-12-10-8-6-4-2/h5,7,11,13,17,19,23,25,28-29,57,59,65,67,72-75,77-84,86-88,90-94H,3-4,6,8-10,12,14-16,18,20-22,24,26-27,30-56,58,60-64,66,68-71H2,1-2H3,(H,85,89)/b7-5-,13-11-,19-17-,25-23-,29-28-,59-57+,67-65+. The van der Waals surface area contributed by atoms with E-state index in [0.717, 1.165) is 64.2 Å². The number of aliphatic hydroxyl groups is 8. The van der Waals surface area contributed by atoms with Crippen LogP contribution in [0.4, 0.5) is 0 Å². The summed E-state index contributed by atoms with van der Waals surface area (Å²) in [5, 5.41) is 87.6. The van der Waals surface area contributed by atoms with Crippen LogP contribution in [0.2, 0.25) is 0 Å². The Morgan fingerprint density at radius 2 is 0.714 bits per heavy atom. The number of carbonyl (C=O) groups excluding carboxylic acids is 1. The summed E-state index contributed by atoms with van der Waals surface area (Å²) in [5.41, 5.74) is 0. The summed E-state index contributed by atoms with van der Waals surface area (Å²) in [5.74, 6) is -0.244. The molecule has 0 radical (unpaired) electrons. The van der Waals surface area contributed by atoms with E-state index in [1.807, 2.05) is 6.08 Å². The van der Waals surface area contributed by atoms with Gasteiger partial charge in [0.2, 0.25) is 5.91 Å². The van der Waals surface area contributed by atoms with Gasteiger partial charge in [-0.1, -0.05) is 349 Å². The second-order valence-electron chi connectivity index (χ2n) is 28.5. The van der Waals surface area contributed by atoms with Crippen LogP contribution in [0, 0.1) is 0 Å². The van der Waals surface area contributed by atoms with Crippen molar-refractivity contribution in [1.82, 2.24) is 5.32 Å². The summed E-state index contributed by atoms with van der Waals surface area (Å²) >= 11 is 0. The fourth-order valence-corrected chi connectivity index (χ4v) is 13.2. The Kier molecular flexibility index (Phi) is 62.7. The molecule has 0 spiro atoms. The molecule has 2 rings (SSSR count). The highest BCUT2D eigenvalue weighted by Gasteiger charge is 2.51. The lowest BCUT2D eigenvalue weighted by molar-refractivity contribution is -0.359. The van der Waals surface area contributed by atoms with Crippen molar-refractivity contribution < 1.29 is 64.6 Å². The van der Waals surface area contributed by atoms with Crippen LogP contribution in [0.15, 0.2) is 85.1 Å². The van der Waals surface area contributed by atoms with E-state index in [4.69, 9.17) is 18.9 Å².